The molecule has 2 aromatic rings. The third-order valence-corrected chi connectivity index (χ3v) is 2.47. The molecule has 3 nitrogen and oxygen atoms in total. The van der Waals surface area contributed by atoms with Gasteiger partial charge >= 0.3 is 0 Å². The average Bonchev–Trinajstić information content (AvgIpc) is 2.28. The van der Waals surface area contributed by atoms with Crippen LogP contribution in [0, 0.1) is 6.92 Å². The molecule has 0 aliphatic carbocycles. The van der Waals surface area contributed by atoms with Crippen molar-refractivity contribution in [3.8, 4) is 11.5 Å². The van der Waals surface area contributed by atoms with E-state index in [4.69, 9.17) is 9.47 Å². The summed E-state index contributed by atoms with van der Waals surface area (Å²) >= 11 is 0. The van der Waals surface area contributed by atoms with E-state index >= 15 is 0 Å². The van der Waals surface area contributed by atoms with Crippen molar-refractivity contribution in [3.63, 3.8) is 0 Å². The summed E-state index contributed by atoms with van der Waals surface area (Å²) in [6.45, 7) is 1.98. The fraction of sp³-hybridized carbons (Fsp3) is 0.250. The lowest BCUT2D eigenvalue weighted by atomic mass is 10.1. The molecule has 0 radical (unpaired) electrons. The molecular weight excluding hydrogens is 190 g/mol. The first-order valence-corrected chi connectivity index (χ1v) is 4.73. The standard InChI is InChI=1S/C12H13NO2/c1-8-10-7-12(15-3)11(14-2)6-9(10)4-5-13-8/h4-7H,1-3H3. The molecule has 3 heteroatoms. The van der Waals surface area contributed by atoms with Gasteiger partial charge in [-0.3, -0.25) is 4.98 Å². The topological polar surface area (TPSA) is 31.4 Å². The van der Waals surface area contributed by atoms with Crippen LogP contribution in [-0.2, 0) is 0 Å². The molecule has 0 aliphatic heterocycles. The van der Waals surface area contributed by atoms with Crippen LogP contribution >= 0.6 is 0 Å². The zero-order valence-electron chi connectivity index (χ0n) is 9.07. The molecule has 1 heterocycles. The lowest BCUT2D eigenvalue weighted by Crippen LogP contribution is -1.92. The third-order valence-electron chi connectivity index (χ3n) is 2.47. The number of aromatic nitrogens is 1. The first kappa shape index (κ1) is 9.77. The molecule has 78 valence electrons. The zero-order chi connectivity index (χ0) is 10.8. The van der Waals surface area contributed by atoms with Crippen LogP contribution in [-0.4, -0.2) is 19.2 Å². The Morgan fingerprint density at radius 2 is 1.73 bits per heavy atom. The fourth-order valence-corrected chi connectivity index (χ4v) is 1.64. The maximum Gasteiger partial charge on any atom is 0.161 e. The van der Waals surface area contributed by atoms with Crippen LogP contribution in [0.15, 0.2) is 24.4 Å². The number of rotatable bonds is 2. The van der Waals surface area contributed by atoms with Gasteiger partial charge in [-0.2, -0.15) is 0 Å². The van der Waals surface area contributed by atoms with Gasteiger partial charge in [0.25, 0.3) is 0 Å². The second-order valence-electron chi connectivity index (χ2n) is 3.32. The van der Waals surface area contributed by atoms with E-state index in [0.29, 0.717) is 0 Å². The van der Waals surface area contributed by atoms with Crippen LogP contribution in [0.1, 0.15) is 5.69 Å². The Labute approximate surface area is 88.7 Å². The van der Waals surface area contributed by atoms with Gasteiger partial charge in [0, 0.05) is 17.3 Å². The summed E-state index contributed by atoms with van der Waals surface area (Å²) in [5.74, 6) is 1.48. The molecule has 15 heavy (non-hydrogen) atoms. The predicted octanol–water partition coefficient (Wildman–Crippen LogP) is 2.56. The monoisotopic (exact) mass is 203 g/mol. The van der Waals surface area contributed by atoms with E-state index in [-0.39, 0.29) is 0 Å². The summed E-state index contributed by atoms with van der Waals surface area (Å²) < 4.78 is 10.5. The summed E-state index contributed by atoms with van der Waals surface area (Å²) in [6.07, 6.45) is 1.80. The minimum absolute atomic E-state index is 0.737. The molecule has 0 amide bonds. The number of fused-ring (bicyclic) bond motifs is 1. The van der Waals surface area contributed by atoms with Gasteiger partial charge in [-0.25, -0.2) is 0 Å². The molecule has 0 spiro atoms. The first-order chi connectivity index (χ1) is 7.26. The van der Waals surface area contributed by atoms with Gasteiger partial charge in [0.15, 0.2) is 11.5 Å². The van der Waals surface area contributed by atoms with Crippen LogP contribution in [0.25, 0.3) is 10.8 Å². The predicted molar refractivity (Wildman–Crippen MR) is 59.6 cm³/mol. The van der Waals surface area contributed by atoms with Crippen molar-refractivity contribution in [2.75, 3.05) is 14.2 Å². The van der Waals surface area contributed by atoms with E-state index in [9.17, 15) is 0 Å². The number of aryl methyl sites for hydroxylation is 1. The van der Waals surface area contributed by atoms with E-state index < -0.39 is 0 Å². The van der Waals surface area contributed by atoms with Gasteiger partial charge in [-0.05, 0) is 30.5 Å². The summed E-state index contributed by atoms with van der Waals surface area (Å²) in [4.78, 5) is 4.24. The average molecular weight is 203 g/mol. The minimum Gasteiger partial charge on any atom is -0.493 e. The lowest BCUT2D eigenvalue weighted by molar-refractivity contribution is 0.356. The summed E-state index contributed by atoms with van der Waals surface area (Å²) in [5, 5.41) is 2.20. The van der Waals surface area contributed by atoms with Gasteiger partial charge in [0.2, 0.25) is 0 Å². The van der Waals surface area contributed by atoms with Crippen LogP contribution in [0.3, 0.4) is 0 Å². The maximum atomic E-state index is 5.25. The van der Waals surface area contributed by atoms with E-state index in [2.05, 4.69) is 4.98 Å². The van der Waals surface area contributed by atoms with Crippen molar-refractivity contribution in [2.45, 2.75) is 6.92 Å². The fourth-order valence-electron chi connectivity index (χ4n) is 1.64. The second-order valence-corrected chi connectivity index (χ2v) is 3.32. The molecule has 1 aromatic heterocycles. The highest BCUT2D eigenvalue weighted by Gasteiger charge is 2.07. The van der Waals surface area contributed by atoms with E-state index in [0.717, 1.165) is 28.0 Å². The lowest BCUT2D eigenvalue weighted by Gasteiger charge is -2.09. The molecule has 0 saturated heterocycles. The molecule has 0 fully saturated rings. The molecule has 0 saturated carbocycles. The van der Waals surface area contributed by atoms with Crippen molar-refractivity contribution >= 4 is 10.8 Å². The van der Waals surface area contributed by atoms with Crippen LogP contribution in [0.4, 0.5) is 0 Å². The van der Waals surface area contributed by atoms with Crippen molar-refractivity contribution < 1.29 is 9.47 Å². The number of pyridine rings is 1. The number of methoxy groups -OCH3 is 2. The molecule has 2 rings (SSSR count). The first-order valence-electron chi connectivity index (χ1n) is 4.73. The van der Waals surface area contributed by atoms with E-state index in [1.165, 1.54) is 0 Å². The van der Waals surface area contributed by atoms with Crippen molar-refractivity contribution in [3.05, 3.63) is 30.1 Å². The van der Waals surface area contributed by atoms with Gasteiger partial charge in [0.1, 0.15) is 0 Å². The number of hydrogen-bond acceptors (Lipinski definition) is 3. The number of nitrogens with zero attached hydrogens (tertiary/aromatic N) is 1. The normalized spacial score (nSPS) is 10.3. The number of benzene rings is 1. The van der Waals surface area contributed by atoms with Crippen LogP contribution in [0.5, 0.6) is 11.5 Å². The largest absolute Gasteiger partial charge is 0.493 e. The quantitative estimate of drug-likeness (QED) is 0.751. The molecule has 0 unspecified atom stereocenters. The Hall–Kier alpha value is -1.77. The van der Waals surface area contributed by atoms with Gasteiger partial charge < -0.3 is 9.47 Å². The van der Waals surface area contributed by atoms with Gasteiger partial charge in [0.05, 0.1) is 14.2 Å². The highest BCUT2D eigenvalue weighted by atomic mass is 16.5. The summed E-state index contributed by atoms with van der Waals surface area (Å²) in [5.41, 5.74) is 0.994. The molecule has 1 aromatic carbocycles. The Morgan fingerprint density at radius 1 is 1.07 bits per heavy atom. The van der Waals surface area contributed by atoms with E-state index in [1.54, 1.807) is 20.4 Å². The number of ether oxygens (including phenoxy) is 2. The van der Waals surface area contributed by atoms with Gasteiger partial charge in [-0.1, -0.05) is 0 Å². The Bertz CT molecular complexity index is 494. The summed E-state index contributed by atoms with van der Waals surface area (Å²) in [7, 11) is 3.27. The Balaban J connectivity index is 2.75. The Kier molecular flexibility index (Phi) is 2.46. The highest BCUT2D eigenvalue weighted by molar-refractivity contribution is 5.87. The SMILES string of the molecule is COc1cc2ccnc(C)c2cc1OC. The van der Waals surface area contributed by atoms with Crippen molar-refractivity contribution in [2.24, 2.45) is 0 Å². The zero-order valence-corrected chi connectivity index (χ0v) is 9.07. The smallest absolute Gasteiger partial charge is 0.161 e. The highest BCUT2D eigenvalue weighted by Crippen LogP contribution is 2.32. The minimum atomic E-state index is 0.737. The Morgan fingerprint density at radius 3 is 2.40 bits per heavy atom. The molecule has 0 bridgehead atoms. The molecule has 0 aliphatic rings. The number of hydrogen-bond donors (Lipinski definition) is 0. The van der Waals surface area contributed by atoms with Crippen molar-refractivity contribution in [1.82, 2.24) is 4.98 Å². The molecular formula is C12H13NO2. The van der Waals surface area contributed by atoms with Crippen LogP contribution < -0.4 is 9.47 Å². The van der Waals surface area contributed by atoms with E-state index in [1.807, 2.05) is 25.1 Å². The van der Waals surface area contributed by atoms with Crippen LogP contribution in [0.2, 0.25) is 0 Å². The van der Waals surface area contributed by atoms with Gasteiger partial charge in [-0.15, -0.1) is 0 Å². The third kappa shape index (κ3) is 1.61. The second kappa shape index (κ2) is 3.77. The maximum absolute atomic E-state index is 5.25. The van der Waals surface area contributed by atoms with Crippen molar-refractivity contribution in [1.29, 1.82) is 0 Å². The molecule has 0 N–H and O–H groups in total. The summed E-state index contributed by atoms with van der Waals surface area (Å²) in [6, 6.07) is 5.88. The molecule has 0 atom stereocenters.